The molecule has 5 heteroatoms. The van der Waals surface area contributed by atoms with Crippen molar-refractivity contribution in [2.24, 2.45) is 0 Å². The topological polar surface area (TPSA) is 55.8 Å². The van der Waals surface area contributed by atoms with Gasteiger partial charge in [0.15, 0.2) is 0 Å². The Morgan fingerprint density at radius 3 is 1.69 bits per heavy atom. The molecular weight excluding hydrogens is 330 g/mol. The van der Waals surface area contributed by atoms with E-state index in [0.29, 0.717) is 13.2 Å². The molecule has 26 heavy (non-hydrogen) atoms. The summed E-state index contributed by atoms with van der Waals surface area (Å²) in [5, 5.41) is 0. The Morgan fingerprint density at radius 1 is 0.769 bits per heavy atom. The molecule has 0 aliphatic carbocycles. The third kappa shape index (κ3) is 13.0. The summed E-state index contributed by atoms with van der Waals surface area (Å²) in [6.45, 7) is 6.37. The number of carbonyl (C=O) groups excluding carboxylic acids is 2. The van der Waals surface area contributed by atoms with Crippen LogP contribution in [-0.4, -0.2) is 43.3 Å². The van der Waals surface area contributed by atoms with Crippen LogP contribution in [0.2, 0.25) is 0 Å². The van der Waals surface area contributed by atoms with Crippen molar-refractivity contribution in [2.45, 2.75) is 104 Å². The highest BCUT2D eigenvalue weighted by atomic mass is 16.6. The highest BCUT2D eigenvalue weighted by Crippen LogP contribution is 2.12. The van der Waals surface area contributed by atoms with Crippen LogP contribution in [0.15, 0.2) is 0 Å². The monoisotopic (exact) mass is 371 g/mol. The van der Waals surface area contributed by atoms with Crippen molar-refractivity contribution < 1.29 is 19.1 Å². The van der Waals surface area contributed by atoms with E-state index in [1.807, 2.05) is 0 Å². The summed E-state index contributed by atoms with van der Waals surface area (Å²) in [5.41, 5.74) is 0. The molecule has 0 spiro atoms. The molecule has 0 aromatic heterocycles. The number of hydrogen-bond donors (Lipinski definition) is 0. The average Bonchev–Trinajstić information content (AvgIpc) is 2.64. The lowest BCUT2D eigenvalue weighted by Crippen LogP contribution is -2.41. The molecule has 0 heterocycles. The zero-order valence-corrected chi connectivity index (χ0v) is 17.6. The third-order valence-electron chi connectivity index (χ3n) is 4.72. The Kier molecular flexibility index (Phi) is 16.3. The lowest BCUT2D eigenvalue weighted by Gasteiger charge is -2.22. The predicted octanol–water partition coefficient (Wildman–Crippen LogP) is 5.71. The number of amides is 1. The van der Waals surface area contributed by atoms with Crippen LogP contribution in [0.1, 0.15) is 97.8 Å². The van der Waals surface area contributed by atoms with Gasteiger partial charge in [-0.3, -0.25) is 4.90 Å². The molecule has 5 nitrogen and oxygen atoms in total. The van der Waals surface area contributed by atoms with Crippen LogP contribution in [0.25, 0.3) is 0 Å². The van der Waals surface area contributed by atoms with Gasteiger partial charge in [-0.05, 0) is 20.3 Å². The van der Waals surface area contributed by atoms with Gasteiger partial charge in [0, 0.05) is 7.05 Å². The number of unbranched alkanes of at least 4 members (excludes halogenated alkanes) is 11. The van der Waals surface area contributed by atoms with Gasteiger partial charge in [-0.1, -0.05) is 77.6 Å². The number of likely N-dealkylation sites (N-methyl/N-ethyl adjacent to an activating group) is 1. The van der Waals surface area contributed by atoms with Gasteiger partial charge in [0.25, 0.3) is 0 Å². The smallest absolute Gasteiger partial charge is 0.410 e. The minimum absolute atomic E-state index is 0.295. The van der Waals surface area contributed by atoms with Crippen molar-refractivity contribution in [3.63, 3.8) is 0 Å². The van der Waals surface area contributed by atoms with Gasteiger partial charge in [-0.2, -0.15) is 0 Å². The molecule has 0 aromatic rings. The summed E-state index contributed by atoms with van der Waals surface area (Å²) in [6, 6.07) is -0.619. The van der Waals surface area contributed by atoms with Crippen LogP contribution in [0.3, 0.4) is 0 Å². The summed E-state index contributed by atoms with van der Waals surface area (Å²) in [5.74, 6) is -0.372. The Balaban J connectivity index is 3.49. The summed E-state index contributed by atoms with van der Waals surface area (Å²) >= 11 is 0. The standard InChI is InChI=1S/C21H41NO4/c1-5-7-8-9-10-11-12-13-14-15-16-17-18-26-20(23)19(3)22(4)21(24)25-6-2/h19H,5-18H2,1-4H3. The highest BCUT2D eigenvalue weighted by molar-refractivity contribution is 5.80. The molecule has 1 atom stereocenters. The van der Waals surface area contributed by atoms with Gasteiger partial charge in [0.1, 0.15) is 6.04 Å². The summed E-state index contributed by atoms with van der Waals surface area (Å²) < 4.78 is 10.1. The van der Waals surface area contributed by atoms with E-state index in [9.17, 15) is 9.59 Å². The number of hydrogen-bond acceptors (Lipinski definition) is 4. The molecule has 0 aromatic carbocycles. The van der Waals surface area contributed by atoms with E-state index in [-0.39, 0.29) is 5.97 Å². The van der Waals surface area contributed by atoms with Crippen molar-refractivity contribution in [3.05, 3.63) is 0 Å². The van der Waals surface area contributed by atoms with Crippen LogP contribution < -0.4 is 0 Å². The second-order valence-electron chi connectivity index (χ2n) is 7.04. The number of esters is 1. The fraction of sp³-hybridized carbons (Fsp3) is 0.905. The molecule has 0 aliphatic heterocycles. The van der Waals surface area contributed by atoms with E-state index >= 15 is 0 Å². The van der Waals surface area contributed by atoms with Gasteiger partial charge >= 0.3 is 12.1 Å². The van der Waals surface area contributed by atoms with Crippen LogP contribution >= 0.6 is 0 Å². The lowest BCUT2D eigenvalue weighted by molar-refractivity contribution is -0.148. The van der Waals surface area contributed by atoms with Crippen LogP contribution in [0.5, 0.6) is 0 Å². The molecule has 1 unspecified atom stereocenters. The average molecular weight is 372 g/mol. The number of rotatable bonds is 16. The van der Waals surface area contributed by atoms with E-state index in [0.717, 1.165) is 12.8 Å². The maximum atomic E-state index is 11.9. The quantitative estimate of drug-likeness (QED) is 0.258. The molecule has 0 rings (SSSR count). The van der Waals surface area contributed by atoms with Gasteiger partial charge < -0.3 is 9.47 Å². The minimum atomic E-state index is -0.619. The maximum absolute atomic E-state index is 11.9. The van der Waals surface area contributed by atoms with E-state index < -0.39 is 12.1 Å². The van der Waals surface area contributed by atoms with Crippen molar-refractivity contribution in [1.29, 1.82) is 0 Å². The van der Waals surface area contributed by atoms with Crippen LogP contribution in [0, 0.1) is 0 Å². The molecule has 154 valence electrons. The molecule has 0 radical (unpaired) electrons. The third-order valence-corrected chi connectivity index (χ3v) is 4.72. The van der Waals surface area contributed by atoms with Crippen molar-refractivity contribution in [3.8, 4) is 0 Å². The van der Waals surface area contributed by atoms with Crippen molar-refractivity contribution in [1.82, 2.24) is 4.90 Å². The molecule has 0 saturated heterocycles. The largest absolute Gasteiger partial charge is 0.464 e. The first-order valence-corrected chi connectivity index (χ1v) is 10.6. The van der Waals surface area contributed by atoms with Gasteiger partial charge in [0.2, 0.25) is 0 Å². The molecule has 1 amide bonds. The van der Waals surface area contributed by atoms with Crippen molar-refractivity contribution in [2.75, 3.05) is 20.3 Å². The summed E-state index contributed by atoms with van der Waals surface area (Å²) in [6.07, 6.45) is 14.8. The molecular formula is C21H41NO4. The molecule has 0 bridgehead atoms. The lowest BCUT2D eigenvalue weighted by atomic mass is 10.1. The summed E-state index contributed by atoms with van der Waals surface area (Å²) in [7, 11) is 1.55. The second-order valence-corrected chi connectivity index (χ2v) is 7.04. The Morgan fingerprint density at radius 2 is 1.23 bits per heavy atom. The fourth-order valence-corrected chi connectivity index (χ4v) is 2.78. The van der Waals surface area contributed by atoms with E-state index in [4.69, 9.17) is 9.47 Å². The van der Waals surface area contributed by atoms with Gasteiger partial charge in [-0.15, -0.1) is 0 Å². The fourth-order valence-electron chi connectivity index (χ4n) is 2.78. The molecule has 0 aliphatic rings. The normalized spacial score (nSPS) is 11.8. The zero-order valence-electron chi connectivity index (χ0n) is 17.6. The molecule has 0 saturated carbocycles. The van der Waals surface area contributed by atoms with E-state index in [1.54, 1.807) is 20.9 Å². The first-order chi connectivity index (χ1) is 12.5. The van der Waals surface area contributed by atoms with E-state index in [1.165, 1.54) is 69.1 Å². The maximum Gasteiger partial charge on any atom is 0.410 e. The van der Waals surface area contributed by atoms with Gasteiger partial charge in [0.05, 0.1) is 13.2 Å². The Labute approximate surface area is 160 Å². The second kappa shape index (κ2) is 17.2. The summed E-state index contributed by atoms with van der Waals surface area (Å²) in [4.78, 5) is 24.8. The number of carbonyl (C=O) groups is 2. The number of ether oxygens (including phenoxy) is 2. The minimum Gasteiger partial charge on any atom is -0.464 e. The van der Waals surface area contributed by atoms with E-state index in [2.05, 4.69) is 6.92 Å². The Bertz CT molecular complexity index is 360. The molecule has 0 fully saturated rings. The SMILES string of the molecule is CCCCCCCCCCCCCCOC(=O)C(C)N(C)C(=O)OCC. The number of nitrogens with zero attached hydrogens (tertiary/aromatic N) is 1. The first-order valence-electron chi connectivity index (χ1n) is 10.6. The Hall–Kier alpha value is -1.26. The first kappa shape index (κ1) is 24.7. The highest BCUT2D eigenvalue weighted by Gasteiger charge is 2.24. The van der Waals surface area contributed by atoms with Gasteiger partial charge in [-0.25, -0.2) is 9.59 Å². The zero-order chi connectivity index (χ0) is 19.6. The predicted molar refractivity (Wildman–Crippen MR) is 106 cm³/mol. The van der Waals surface area contributed by atoms with Crippen LogP contribution in [0.4, 0.5) is 4.79 Å². The van der Waals surface area contributed by atoms with Crippen LogP contribution in [-0.2, 0) is 14.3 Å². The molecule has 0 N–H and O–H groups in total. The van der Waals surface area contributed by atoms with Crippen molar-refractivity contribution >= 4 is 12.1 Å².